The maximum absolute atomic E-state index is 11.7. The molecule has 0 saturated heterocycles. The number of nitrogens with zero attached hydrogens (tertiary/aromatic N) is 2. The third-order valence-electron chi connectivity index (χ3n) is 4.71. The van der Waals surface area contributed by atoms with Gasteiger partial charge in [-0.15, -0.1) is 0 Å². The van der Waals surface area contributed by atoms with Crippen LogP contribution in [0, 0.1) is 13.8 Å². The van der Waals surface area contributed by atoms with E-state index in [9.17, 15) is 9.90 Å². The van der Waals surface area contributed by atoms with Crippen LogP contribution in [0.3, 0.4) is 0 Å². The monoisotopic (exact) mass is 308 g/mol. The van der Waals surface area contributed by atoms with Crippen LogP contribution in [0.4, 0.5) is 4.79 Å². The first-order valence-corrected chi connectivity index (χ1v) is 8.14. The van der Waals surface area contributed by atoms with E-state index in [1.807, 2.05) is 18.7 Å². The maximum Gasteiger partial charge on any atom is 0.314 e. The van der Waals surface area contributed by atoms with E-state index in [-0.39, 0.29) is 6.03 Å². The number of hydrogen-bond donors (Lipinski definition) is 3. The van der Waals surface area contributed by atoms with E-state index in [4.69, 9.17) is 0 Å². The largest absolute Gasteiger partial charge is 0.390 e. The molecule has 6 nitrogen and oxygen atoms in total. The van der Waals surface area contributed by atoms with Crippen LogP contribution in [0.5, 0.6) is 0 Å². The number of hydrogen-bond acceptors (Lipinski definition) is 3. The summed E-state index contributed by atoms with van der Waals surface area (Å²) in [5.74, 6) is 0. The van der Waals surface area contributed by atoms with Gasteiger partial charge in [0.05, 0.1) is 11.3 Å². The van der Waals surface area contributed by atoms with E-state index in [0.717, 1.165) is 37.8 Å². The topological polar surface area (TPSA) is 79.2 Å². The molecule has 22 heavy (non-hydrogen) atoms. The fourth-order valence-electron chi connectivity index (χ4n) is 2.95. The van der Waals surface area contributed by atoms with Gasteiger partial charge >= 0.3 is 6.03 Å². The third kappa shape index (κ3) is 4.22. The predicted octanol–water partition coefficient (Wildman–Crippen LogP) is 1.57. The lowest BCUT2D eigenvalue weighted by atomic mass is 9.78. The molecule has 0 atom stereocenters. The lowest BCUT2D eigenvalue weighted by molar-refractivity contribution is -0.0388. The molecular weight excluding hydrogens is 280 g/mol. The highest BCUT2D eigenvalue weighted by molar-refractivity contribution is 5.73. The quantitative estimate of drug-likeness (QED) is 0.669. The summed E-state index contributed by atoms with van der Waals surface area (Å²) in [6, 6.07) is -0.150. The number of carbonyl (C=O) groups is 1. The summed E-state index contributed by atoms with van der Waals surface area (Å²) in [5.41, 5.74) is 3.01. The minimum Gasteiger partial charge on any atom is -0.390 e. The SMILES string of the molecule is Cc1nn(C)c(C)c1CCCNC(=O)NCCC1(O)CCC1. The van der Waals surface area contributed by atoms with Crippen molar-refractivity contribution in [3.05, 3.63) is 17.0 Å². The van der Waals surface area contributed by atoms with Crippen LogP contribution in [-0.2, 0) is 13.5 Å². The van der Waals surface area contributed by atoms with Crippen molar-refractivity contribution >= 4 is 6.03 Å². The summed E-state index contributed by atoms with van der Waals surface area (Å²) in [4.78, 5) is 11.7. The van der Waals surface area contributed by atoms with Crippen molar-refractivity contribution in [1.82, 2.24) is 20.4 Å². The molecule has 1 fully saturated rings. The number of urea groups is 1. The molecule has 2 amide bonds. The highest BCUT2D eigenvalue weighted by atomic mass is 16.3. The molecule has 1 saturated carbocycles. The lowest BCUT2D eigenvalue weighted by Crippen LogP contribution is -2.43. The molecule has 0 aliphatic heterocycles. The molecule has 124 valence electrons. The molecule has 1 heterocycles. The van der Waals surface area contributed by atoms with E-state index in [2.05, 4.69) is 22.7 Å². The molecule has 0 aromatic carbocycles. The molecule has 0 spiro atoms. The predicted molar refractivity (Wildman–Crippen MR) is 85.8 cm³/mol. The number of aromatic nitrogens is 2. The maximum atomic E-state index is 11.7. The highest BCUT2D eigenvalue weighted by Gasteiger charge is 2.33. The fourth-order valence-corrected chi connectivity index (χ4v) is 2.95. The first-order valence-electron chi connectivity index (χ1n) is 8.14. The molecule has 3 N–H and O–H groups in total. The summed E-state index contributed by atoms with van der Waals surface area (Å²) >= 11 is 0. The molecule has 2 rings (SSSR count). The van der Waals surface area contributed by atoms with Crippen molar-refractivity contribution in [2.45, 2.75) is 58.0 Å². The summed E-state index contributed by atoms with van der Waals surface area (Å²) in [6.45, 7) is 5.27. The van der Waals surface area contributed by atoms with E-state index >= 15 is 0 Å². The Morgan fingerprint density at radius 1 is 1.32 bits per heavy atom. The van der Waals surface area contributed by atoms with Crippen LogP contribution < -0.4 is 10.6 Å². The minimum atomic E-state index is -0.525. The van der Waals surface area contributed by atoms with E-state index in [1.165, 1.54) is 11.3 Å². The van der Waals surface area contributed by atoms with Gasteiger partial charge < -0.3 is 15.7 Å². The zero-order chi connectivity index (χ0) is 16.2. The van der Waals surface area contributed by atoms with Gasteiger partial charge in [0.15, 0.2) is 0 Å². The Labute approximate surface area is 132 Å². The van der Waals surface area contributed by atoms with Crippen molar-refractivity contribution in [2.24, 2.45) is 7.05 Å². The molecule has 6 heteroatoms. The van der Waals surface area contributed by atoms with Crippen LogP contribution in [-0.4, -0.2) is 39.6 Å². The Hall–Kier alpha value is -1.56. The fraction of sp³-hybridized carbons (Fsp3) is 0.750. The van der Waals surface area contributed by atoms with Gasteiger partial charge in [0, 0.05) is 25.8 Å². The Morgan fingerprint density at radius 2 is 2.00 bits per heavy atom. The Balaban J connectivity index is 1.59. The van der Waals surface area contributed by atoms with Gasteiger partial charge in [-0.05, 0) is 57.9 Å². The number of amides is 2. The van der Waals surface area contributed by atoms with Crippen molar-refractivity contribution in [1.29, 1.82) is 0 Å². The van der Waals surface area contributed by atoms with Crippen LogP contribution in [0.2, 0.25) is 0 Å². The van der Waals surface area contributed by atoms with E-state index in [1.54, 1.807) is 0 Å². The Morgan fingerprint density at radius 3 is 2.55 bits per heavy atom. The molecule has 1 aromatic rings. The van der Waals surface area contributed by atoms with E-state index in [0.29, 0.717) is 19.5 Å². The smallest absolute Gasteiger partial charge is 0.314 e. The van der Waals surface area contributed by atoms with E-state index < -0.39 is 5.60 Å². The van der Waals surface area contributed by atoms with Gasteiger partial charge in [-0.1, -0.05) is 0 Å². The van der Waals surface area contributed by atoms with Crippen molar-refractivity contribution in [3.8, 4) is 0 Å². The molecular formula is C16H28N4O2. The van der Waals surface area contributed by atoms with Gasteiger partial charge in [0.2, 0.25) is 0 Å². The van der Waals surface area contributed by atoms with Crippen LogP contribution in [0.15, 0.2) is 0 Å². The first kappa shape index (κ1) is 16.8. The zero-order valence-electron chi connectivity index (χ0n) is 13.9. The Bertz CT molecular complexity index is 520. The van der Waals surface area contributed by atoms with Gasteiger partial charge in [-0.2, -0.15) is 5.10 Å². The number of carbonyl (C=O) groups excluding carboxylic acids is 1. The molecule has 0 bridgehead atoms. The minimum absolute atomic E-state index is 0.150. The summed E-state index contributed by atoms with van der Waals surface area (Å²) < 4.78 is 1.90. The average molecular weight is 308 g/mol. The molecule has 1 aromatic heterocycles. The van der Waals surface area contributed by atoms with Gasteiger partial charge in [-0.25, -0.2) is 4.79 Å². The second kappa shape index (κ2) is 7.13. The van der Waals surface area contributed by atoms with Crippen molar-refractivity contribution in [2.75, 3.05) is 13.1 Å². The van der Waals surface area contributed by atoms with Gasteiger partial charge in [0.1, 0.15) is 0 Å². The summed E-state index contributed by atoms with van der Waals surface area (Å²) in [6.07, 6.45) is 5.28. The van der Waals surface area contributed by atoms with Gasteiger partial charge in [-0.3, -0.25) is 4.68 Å². The van der Waals surface area contributed by atoms with Gasteiger partial charge in [0.25, 0.3) is 0 Å². The van der Waals surface area contributed by atoms with Crippen LogP contribution in [0.1, 0.15) is 49.1 Å². The first-order chi connectivity index (χ1) is 10.4. The molecule has 0 unspecified atom stereocenters. The lowest BCUT2D eigenvalue weighted by Gasteiger charge is -2.36. The number of nitrogens with one attached hydrogen (secondary N) is 2. The highest BCUT2D eigenvalue weighted by Crippen LogP contribution is 2.33. The summed E-state index contributed by atoms with van der Waals surface area (Å²) in [5, 5.41) is 20.0. The second-order valence-electron chi connectivity index (χ2n) is 6.39. The van der Waals surface area contributed by atoms with Crippen LogP contribution in [0.25, 0.3) is 0 Å². The van der Waals surface area contributed by atoms with Crippen molar-refractivity contribution < 1.29 is 9.90 Å². The third-order valence-corrected chi connectivity index (χ3v) is 4.71. The standard InChI is InChI=1S/C16H28N4O2/c1-12-14(13(2)20(3)19-12)6-4-10-17-15(21)18-11-9-16(22)7-5-8-16/h22H,4-11H2,1-3H3,(H2,17,18,21). The average Bonchev–Trinajstić information content (AvgIpc) is 2.67. The Kier molecular flexibility index (Phi) is 5.45. The number of aliphatic hydroxyl groups is 1. The number of aryl methyl sites for hydroxylation is 2. The summed E-state index contributed by atoms with van der Waals surface area (Å²) in [7, 11) is 1.95. The molecule has 0 radical (unpaired) electrons. The van der Waals surface area contributed by atoms with Crippen LogP contribution >= 0.6 is 0 Å². The molecule has 1 aliphatic carbocycles. The zero-order valence-corrected chi connectivity index (χ0v) is 13.9. The molecule has 1 aliphatic rings. The normalized spacial score (nSPS) is 16.2. The second-order valence-corrected chi connectivity index (χ2v) is 6.39. The van der Waals surface area contributed by atoms with Crippen molar-refractivity contribution in [3.63, 3.8) is 0 Å². The number of rotatable bonds is 7.